The van der Waals surface area contributed by atoms with Crippen LogP contribution >= 0.6 is 0 Å². The van der Waals surface area contributed by atoms with Gasteiger partial charge in [0.2, 0.25) is 0 Å². The number of hydrogen-bond donors (Lipinski definition) is 2. The van der Waals surface area contributed by atoms with Gasteiger partial charge in [0.25, 0.3) is 5.56 Å². The first-order chi connectivity index (χ1) is 8.68. The van der Waals surface area contributed by atoms with Crippen LogP contribution in [0.5, 0.6) is 0 Å². The zero-order valence-electron chi connectivity index (χ0n) is 11.1. The molecule has 1 aromatic heterocycles. The van der Waals surface area contributed by atoms with Crippen molar-refractivity contribution in [3.8, 4) is 0 Å². The number of anilines is 1. The first kappa shape index (κ1) is 13.1. The van der Waals surface area contributed by atoms with Crippen LogP contribution in [0, 0.1) is 5.92 Å². The summed E-state index contributed by atoms with van der Waals surface area (Å²) >= 11 is 0. The monoisotopic (exact) mass is 250 g/mol. The van der Waals surface area contributed by atoms with Gasteiger partial charge < -0.3 is 15.2 Å². The minimum absolute atomic E-state index is 0.102. The average molecular weight is 250 g/mol. The lowest BCUT2D eigenvalue weighted by Crippen LogP contribution is -2.43. The van der Waals surface area contributed by atoms with Crippen molar-refractivity contribution >= 4 is 5.82 Å². The molecule has 5 heteroatoms. The highest BCUT2D eigenvalue weighted by molar-refractivity contribution is 5.36. The van der Waals surface area contributed by atoms with Gasteiger partial charge in [-0.25, -0.2) is 4.98 Å². The van der Waals surface area contributed by atoms with Crippen LogP contribution in [0.15, 0.2) is 17.2 Å². The highest BCUT2D eigenvalue weighted by Gasteiger charge is 2.21. The van der Waals surface area contributed by atoms with Crippen LogP contribution in [0.25, 0.3) is 0 Å². The second-order valence-corrected chi connectivity index (χ2v) is 5.20. The summed E-state index contributed by atoms with van der Waals surface area (Å²) in [6.45, 7) is 7.25. The van der Waals surface area contributed by atoms with Crippen LogP contribution in [0.2, 0.25) is 0 Å². The maximum Gasteiger partial charge on any atom is 0.290 e. The number of rotatable bonds is 4. The molecule has 18 heavy (non-hydrogen) atoms. The third-order valence-electron chi connectivity index (χ3n) is 3.44. The zero-order chi connectivity index (χ0) is 13.0. The fourth-order valence-corrected chi connectivity index (χ4v) is 2.45. The normalized spacial score (nSPS) is 20.1. The minimum Gasteiger partial charge on any atom is -0.349 e. The second-order valence-electron chi connectivity index (χ2n) is 5.20. The smallest absolute Gasteiger partial charge is 0.290 e. The van der Waals surface area contributed by atoms with Crippen molar-refractivity contribution in [1.29, 1.82) is 0 Å². The molecule has 2 heterocycles. The molecule has 1 unspecified atom stereocenters. The summed E-state index contributed by atoms with van der Waals surface area (Å²) in [6, 6.07) is 0.280. The summed E-state index contributed by atoms with van der Waals surface area (Å²) in [5.74, 6) is 1.14. The quantitative estimate of drug-likeness (QED) is 0.836. The Balaban J connectivity index is 2.13. The Morgan fingerprint density at radius 2 is 2.39 bits per heavy atom. The van der Waals surface area contributed by atoms with Gasteiger partial charge in [0.05, 0.1) is 0 Å². The van der Waals surface area contributed by atoms with Gasteiger partial charge in [0, 0.05) is 25.0 Å². The lowest BCUT2D eigenvalue weighted by molar-refractivity contribution is 0.370. The lowest BCUT2D eigenvalue weighted by Gasteiger charge is -2.33. The molecule has 0 saturated carbocycles. The van der Waals surface area contributed by atoms with Gasteiger partial charge in [-0.2, -0.15) is 0 Å². The van der Waals surface area contributed by atoms with E-state index in [0.29, 0.717) is 11.7 Å². The van der Waals surface area contributed by atoms with E-state index < -0.39 is 0 Å². The highest BCUT2D eigenvalue weighted by Crippen LogP contribution is 2.16. The number of aromatic nitrogens is 2. The van der Waals surface area contributed by atoms with E-state index in [9.17, 15) is 4.79 Å². The van der Waals surface area contributed by atoms with E-state index in [-0.39, 0.29) is 11.6 Å². The van der Waals surface area contributed by atoms with Crippen LogP contribution < -0.4 is 15.8 Å². The van der Waals surface area contributed by atoms with Gasteiger partial charge in [-0.15, -0.1) is 0 Å². The van der Waals surface area contributed by atoms with Crippen LogP contribution in [-0.4, -0.2) is 35.6 Å². The molecule has 1 saturated heterocycles. The van der Waals surface area contributed by atoms with Gasteiger partial charge >= 0.3 is 0 Å². The Morgan fingerprint density at radius 1 is 1.56 bits per heavy atom. The van der Waals surface area contributed by atoms with Gasteiger partial charge in [-0.3, -0.25) is 4.79 Å². The summed E-state index contributed by atoms with van der Waals surface area (Å²) in [4.78, 5) is 20.9. The molecule has 0 radical (unpaired) electrons. The molecule has 0 spiro atoms. The average Bonchev–Trinajstić information content (AvgIpc) is 2.38. The summed E-state index contributed by atoms with van der Waals surface area (Å²) in [5.41, 5.74) is -0.102. The van der Waals surface area contributed by atoms with E-state index in [4.69, 9.17) is 0 Å². The lowest BCUT2D eigenvalue weighted by atomic mass is 9.98. The third-order valence-corrected chi connectivity index (χ3v) is 3.44. The molecule has 0 amide bonds. The van der Waals surface area contributed by atoms with E-state index in [2.05, 4.69) is 34.0 Å². The van der Waals surface area contributed by atoms with E-state index in [1.165, 1.54) is 12.8 Å². The van der Waals surface area contributed by atoms with Gasteiger partial charge in [-0.05, 0) is 45.7 Å². The molecular weight excluding hydrogens is 228 g/mol. The Labute approximate surface area is 108 Å². The van der Waals surface area contributed by atoms with Crippen LogP contribution in [0.1, 0.15) is 26.7 Å². The Bertz CT molecular complexity index is 423. The van der Waals surface area contributed by atoms with E-state index >= 15 is 0 Å². The molecular formula is C13H22N4O. The third kappa shape index (κ3) is 3.10. The summed E-state index contributed by atoms with van der Waals surface area (Å²) in [5, 5.41) is 3.41. The number of H-pyrrole nitrogens is 1. The fourth-order valence-electron chi connectivity index (χ4n) is 2.45. The predicted molar refractivity (Wildman–Crippen MR) is 72.9 cm³/mol. The number of nitrogens with one attached hydrogen (secondary N) is 2. The minimum atomic E-state index is -0.102. The van der Waals surface area contributed by atoms with Gasteiger partial charge in [0.1, 0.15) is 0 Å². The molecule has 0 aliphatic carbocycles. The first-order valence-electron chi connectivity index (χ1n) is 6.69. The molecule has 100 valence electrons. The van der Waals surface area contributed by atoms with Crippen molar-refractivity contribution in [2.75, 3.05) is 24.5 Å². The predicted octanol–water partition coefficient (Wildman–Crippen LogP) is 0.984. The van der Waals surface area contributed by atoms with Crippen molar-refractivity contribution in [1.82, 2.24) is 15.3 Å². The second kappa shape index (κ2) is 6.00. The molecule has 0 bridgehead atoms. The number of hydrogen-bond acceptors (Lipinski definition) is 4. The maximum atomic E-state index is 11.8. The van der Waals surface area contributed by atoms with Crippen molar-refractivity contribution < 1.29 is 0 Å². The van der Waals surface area contributed by atoms with Crippen molar-refractivity contribution in [2.45, 2.75) is 32.7 Å². The number of piperidine rings is 1. The van der Waals surface area contributed by atoms with E-state index in [0.717, 1.165) is 19.6 Å². The summed E-state index contributed by atoms with van der Waals surface area (Å²) in [6.07, 6.45) is 5.66. The summed E-state index contributed by atoms with van der Waals surface area (Å²) < 4.78 is 0. The first-order valence-corrected chi connectivity index (χ1v) is 6.69. The van der Waals surface area contributed by atoms with Crippen LogP contribution in [-0.2, 0) is 0 Å². The summed E-state index contributed by atoms with van der Waals surface area (Å²) in [7, 11) is 0. The van der Waals surface area contributed by atoms with E-state index in [1.807, 2.05) is 0 Å². The molecule has 2 rings (SSSR count). The molecule has 1 fully saturated rings. The van der Waals surface area contributed by atoms with Crippen LogP contribution in [0.3, 0.4) is 0 Å². The molecule has 0 aromatic carbocycles. The standard InChI is InChI=1S/C13H22N4O/c1-10(2)17(9-11-4-3-5-14-8-11)12-13(18)16-7-6-15-12/h6-7,10-11,14H,3-5,8-9H2,1-2H3,(H,16,18). The highest BCUT2D eigenvalue weighted by atomic mass is 16.1. The van der Waals surface area contributed by atoms with Crippen molar-refractivity contribution in [3.05, 3.63) is 22.7 Å². The van der Waals surface area contributed by atoms with E-state index in [1.54, 1.807) is 12.4 Å². The number of aromatic amines is 1. The topological polar surface area (TPSA) is 61.0 Å². The SMILES string of the molecule is CC(C)N(CC1CCCNC1)c1ncc[nH]c1=O. The van der Waals surface area contributed by atoms with Gasteiger partial charge in [-0.1, -0.05) is 0 Å². The zero-order valence-corrected chi connectivity index (χ0v) is 11.1. The Morgan fingerprint density at radius 3 is 3.00 bits per heavy atom. The molecule has 5 nitrogen and oxygen atoms in total. The molecule has 2 N–H and O–H groups in total. The molecule has 1 aliphatic heterocycles. The van der Waals surface area contributed by atoms with Crippen molar-refractivity contribution in [3.63, 3.8) is 0 Å². The van der Waals surface area contributed by atoms with Crippen molar-refractivity contribution in [2.24, 2.45) is 5.92 Å². The Hall–Kier alpha value is -1.36. The molecule has 1 aromatic rings. The Kier molecular flexibility index (Phi) is 4.36. The number of nitrogens with zero attached hydrogens (tertiary/aromatic N) is 2. The molecule has 1 aliphatic rings. The molecule has 1 atom stereocenters. The van der Waals surface area contributed by atoms with Crippen LogP contribution in [0.4, 0.5) is 5.82 Å². The maximum absolute atomic E-state index is 11.8. The van der Waals surface area contributed by atoms with Gasteiger partial charge in [0.15, 0.2) is 5.82 Å². The fraction of sp³-hybridized carbons (Fsp3) is 0.692. The largest absolute Gasteiger partial charge is 0.349 e.